The molecule has 2 rings (SSSR count). The largest absolute Gasteiger partial charge is 0.481 e. The first kappa shape index (κ1) is 16.5. The molecule has 1 aliphatic rings. The molecule has 3 atom stereocenters. The van der Waals surface area contributed by atoms with Crippen LogP contribution < -0.4 is 11.2 Å². The maximum absolute atomic E-state index is 11.2. The summed E-state index contributed by atoms with van der Waals surface area (Å²) in [7, 11) is 0. The minimum atomic E-state index is -1.52. The molecule has 0 aliphatic carbocycles. The van der Waals surface area contributed by atoms with Gasteiger partial charge in [-0.15, -0.1) is 0 Å². The molecule has 3 unspecified atom stereocenters. The van der Waals surface area contributed by atoms with Crippen molar-refractivity contribution in [1.29, 1.82) is 0 Å². The van der Waals surface area contributed by atoms with E-state index in [1.165, 1.54) is 0 Å². The number of aliphatic carboxylic acids is 1. The highest BCUT2D eigenvalue weighted by atomic mass is 35.5. The van der Waals surface area contributed by atoms with E-state index in [1.54, 1.807) is 18.2 Å². The van der Waals surface area contributed by atoms with E-state index in [4.69, 9.17) is 38.9 Å². The van der Waals surface area contributed by atoms with E-state index in [0.717, 1.165) is 0 Å². The first-order valence-corrected chi connectivity index (χ1v) is 7.11. The van der Waals surface area contributed by atoms with Gasteiger partial charge in [0.1, 0.15) is 11.7 Å². The highest BCUT2D eigenvalue weighted by Gasteiger charge is 2.44. The Balaban J connectivity index is 2.36. The molecule has 1 aromatic rings. The van der Waals surface area contributed by atoms with Crippen molar-refractivity contribution in [1.82, 2.24) is 5.48 Å². The highest BCUT2D eigenvalue weighted by Crippen LogP contribution is 2.37. The molecule has 0 saturated carbocycles. The first-order chi connectivity index (χ1) is 9.87. The summed E-state index contributed by atoms with van der Waals surface area (Å²) in [6.45, 7) is -0.0706. The average molecular weight is 335 g/mol. The summed E-state index contributed by atoms with van der Waals surface area (Å²) in [6.07, 6.45) is -0.877. The van der Waals surface area contributed by atoms with Gasteiger partial charge in [0.2, 0.25) is 0 Å². The molecule has 0 amide bonds. The van der Waals surface area contributed by atoms with Crippen molar-refractivity contribution in [2.75, 3.05) is 13.1 Å². The number of carbonyl (C=O) groups is 1. The van der Waals surface area contributed by atoms with Gasteiger partial charge in [-0.3, -0.25) is 9.63 Å². The summed E-state index contributed by atoms with van der Waals surface area (Å²) in [5, 5.41) is 20.6. The lowest BCUT2D eigenvalue weighted by molar-refractivity contribution is -0.145. The van der Waals surface area contributed by atoms with Crippen LogP contribution in [0.15, 0.2) is 18.2 Å². The summed E-state index contributed by atoms with van der Waals surface area (Å²) < 4.78 is 0. The van der Waals surface area contributed by atoms with E-state index in [9.17, 15) is 9.90 Å². The molecule has 1 aliphatic heterocycles. The molecule has 1 fully saturated rings. The first-order valence-electron chi connectivity index (χ1n) is 6.36. The molecule has 0 bridgehead atoms. The van der Waals surface area contributed by atoms with Crippen molar-refractivity contribution in [3.05, 3.63) is 33.8 Å². The molecule has 1 aromatic carbocycles. The molecular formula is C13H16Cl2N2O4. The Hall–Kier alpha value is -0.890. The summed E-state index contributed by atoms with van der Waals surface area (Å²) in [6, 6.07) is 4.80. The van der Waals surface area contributed by atoms with E-state index >= 15 is 0 Å². The minimum absolute atomic E-state index is 0.0310. The van der Waals surface area contributed by atoms with Crippen molar-refractivity contribution in [3.8, 4) is 0 Å². The van der Waals surface area contributed by atoms with Crippen LogP contribution in [0.3, 0.4) is 0 Å². The van der Waals surface area contributed by atoms with E-state index < -0.39 is 23.6 Å². The second-order valence-corrected chi connectivity index (χ2v) is 5.88. The normalized spacial score (nSPS) is 29.9. The monoisotopic (exact) mass is 334 g/mol. The molecule has 1 heterocycles. The van der Waals surface area contributed by atoms with Gasteiger partial charge < -0.3 is 15.9 Å². The van der Waals surface area contributed by atoms with Crippen LogP contribution in [0.2, 0.25) is 10.0 Å². The van der Waals surface area contributed by atoms with Crippen molar-refractivity contribution in [3.63, 3.8) is 0 Å². The van der Waals surface area contributed by atoms with Crippen molar-refractivity contribution in [2.24, 2.45) is 11.7 Å². The number of hydroxylamine groups is 1. The lowest BCUT2D eigenvalue weighted by Crippen LogP contribution is -2.46. The molecule has 6 nitrogen and oxygen atoms in total. The molecule has 1 saturated heterocycles. The zero-order valence-corrected chi connectivity index (χ0v) is 12.6. The van der Waals surface area contributed by atoms with Crippen LogP contribution in [0.4, 0.5) is 0 Å². The maximum atomic E-state index is 11.2. The fraction of sp³-hybridized carbons (Fsp3) is 0.462. The number of nitrogens with two attached hydrogens (primary N) is 1. The fourth-order valence-corrected chi connectivity index (χ4v) is 2.67. The van der Waals surface area contributed by atoms with Crippen LogP contribution in [0.5, 0.6) is 0 Å². The third kappa shape index (κ3) is 3.48. The molecule has 5 N–H and O–H groups in total. The van der Waals surface area contributed by atoms with Crippen LogP contribution in [-0.4, -0.2) is 34.9 Å². The van der Waals surface area contributed by atoms with Crippen LogP contribution in [0, 0.1) is 5.92 Å². The fourth-order valence-electron chi connectivity index (χ4n) is 2.37. The molecule has 0 radical (unpaired) electrons. The lowest BCUT2D eigenvalue weighted by atomic mass is 9.83. The predicted molar refractivity (Wildman–Crippen MR) is 78.0 cm³/mol. The molecule has 0 spiro atoms. The summed E-state index contributed by atoms with van der Waals surface area (Å²) >= 11 is 11.8. The molecular weight excluding hydrogens is 319 g/mol. The topological polar surface area (TPSA) is 105 Å². The Kier molecular flexibility index (Phi) is 5.08. The van der Waals surface area contributed by atoms with Gasteiger partial charge in [0.25, 0.3) is 0 Å². The van der Waals surface area contributed by atoms with Crippen molar-refractivity contribution >= 4 is 29.2 Å². The molecule has 0 aromatic heterocycles. The van der Waals surface area contributed by atoms with E-state index in [1.807, 2.05) is 0 Å². The Bertz CT molecular complexity index is 543. The van der Waals surface area contributed by atoms with Gasteiger partial charge in [0, 0.05) is 13.1 Å². The second kappa shape index (κ2) is 6.48. The quantitative estimate of drug-likeness (QED) is 0.665. The Labute approximate surface area is 131 Å². The summed E-state index contributed by atoms with van der Waals surface area (Å²) in [5.74, 6) is -1.82. The van der Waals surface area contributed by atoms with Crippen LogP contribution in [0.25, 0.3) is 0 Å². The van der Waals surface area contributed by atoms with Gasteiger partial charge in [0.15, 0.2) is 0 Å². The minimum Gasteiger partial charge on any atom is -0.481 e. The summed E-state index contributed by atoms with van der Waals surface area (Å²) in [4.78, 5) is 16.6. The molecule has 116 valence electrons. The third-order valence-electron chi connectivity index (χ3n) is 3.57. The Morgan fingerprint density at radius 3 is 2.76 bits per heavy atom. The predicted octanol–water partition coefficient (Wildman–Crippen LogP) is 1.35. The van der Waals surface area contributed by atoms with Gasteiger partial charge in [-0.1, -0.05) is 29.3 Å². The number of hydrogen-bond donors (Lipinski definition) is 4. The number of rotatable bonds is 3. The number of hydrogen-bond acceptors (Lipinski definition) is 5. The highest BCUT2D eigenvalue weighted by molar-refractivity contribution is 6.42. The number of carboxylic acids is 1. The SMILES string of the molecule is NCC1(O)CC(C(=O)O)CNOC1c1ccc(Cl)c(Cl)c1. The van der Waals surface area contributed by atoms with Crippen LogP contribution in [-0.2, 0) is 9.63 Å². The van der Waals surface area contributed by atoms with E-state index in [0.29, 0.717) is 15.6 Å². The smallest absolute Gasteiger partial charge is 0.307 e. The summed E-state index contributed by atoms with van der Waals surface area (Å²) in [5.41, 5.74) is 7.28. The van der Waals surface area contributed by atoms with Crippen LogP contribution in [0.1, 0.15) is 18.1 Å². The second-order valence-electron chi connectivity index (χ2n) is 5.07. The maximum Gasteiger partial charge on any atom is 0.307 e. The van der Waals surface area contributed by atoms with E-state index in [-0.39, 0.29) is 19.5 Å². The Morgan fingerprint density at radius 1 is 1.48 bits per heavy atom. The lowest BCUT2D eigenvalue weighted by Gasteiger charge is -2.33. The number of carboxylic acid groups (broad SMARTS) is 1. The molecule has 8 heteroatoms. The van der Waals surface area contributed by atoms with Gasteiger partial charge >= 0.3 is 5.97 Å². The molecule has 21 heavy (non-hydrogen) atoms. The van der Waals surface area contributed by atoms with Gasteiger partial charge in [-0.2, -0.15) is 0 Å². The number of aliphatic hydroxyl groups is 1. The number of halogens is 2. The number of benzene rings is 1. The third-order valence-corrected chi connectivity index (χ3v) is 4.31. The zero-order chi connectivity index (χ0) is 15.6. The van der Waals surface area contributed by atoms with Gasteiger partial charge in [-0.25, -0.2) is 5.48 Å². The standard InChI is InChI=1S/C13H16Cl2N2O4/c14-9-2-1-7(3-10(9)15)11-13(20,6-16)4-8(12(18)19)5-17-21-11/h1-3,8,11,17,20H,4-6,16H2,(H,18,19). The van der Waals surface area contributed by atoms with Crippen molar-refractivity contribution < 1.29 is 19.8 Å². The van der Waals surface area contributed by atoms with Crippen molar-refractivity contribution in [2.45, 2.75) is 18.1 Å². The van der Waals surface area contributed by atoms with E-state index in [2.05, 4.69) is 5.48 Å². The Morgan fingerprint density at radius 2 is 2.19 bits per heavy atom. The van der Waals surface area contributed by atoms with Crippen LogP contribution >= 0.6 is 23.2 Å². The average Bonchev–Trinajstić information content (AvgIpc) is 2.62. The number of nitrogens with one attached hydrogen (secondary N) is 1. The zero-order valence-electron chi connectivity index (χ0n) is 11.1. The van der Waals surface area contributed by atoms with Gasteiger partial charge in [-0.05, 0) is 24.1 Å². The van der Waals surface area contributed by atoms with Gasteiger partial charge in [0.05, 0.1) is 16.0 Å².